The van der Waals surface area contributed by atoms with Crippen LogP contribution < -0.4 is 15.4 Å². The zero-order chi connectivity index (χ0) is 20.2. The van der Waals surface area contributed by atoms with Crippen LogP contribution in [0.4, 0.5) is 16.0 Å². The number of nitrogens with zero attached hydrogens (tertiary/aromatic N) is 2. The van der Waals surface area contributed by atoms with Crippen LogP contribution in [0.3, 0.4) is 0 Å². The Morgan fingerprint density at radius 2 is 1.86 bits per heavy atom. The maximum atomic E-state index is 13.1. The van der Waals surface area contributed by atoms with E-state index < -0.39 is 0 Å². The van der Waals surface area contributed by atoms with Gasteiger partial charge in [0.15, 0.2) is 0 Å². The molecule has 6 nitrogen and oxygen atoms in total. The molecule has 0 aliphatic heterocycles. The predicted molar refractivity (Wildman–Crippen MR) is 110 cm³/mol. The molecule has 0 fully saturated rings. The van der Waals surface area contributed by atoms with Crippen molar-refractivity contribution in [2.24, 2.45) is 0 Å². The van der Waals surface area contributed by atoms with E-state index >= 15 is 0 Å². The van der Waals surface area contributed by atoms with Crippen molar-refractivity contribution < 1.29 is 13.9 Å². The molecule has 0 bridgehead atoms. The lowest BCUT2D eigenvalue weighted by Gasteiger charge is -2.11. The van der Waals surface area contributed by atoms with Gasteiger partial charge in [-0.15, -0.1) is 0 Å². The average Bonchev–Trinajstić information content (AvgIpc) is 2.74. The summed E-state index contributed by atoms with van der Waals surface area (Å²) in [4.78, 5) is 20.7. The van der Waals surface area contributed by atoms with Crippen molar-refractivity contribution in [3.05, 3.63) is 84.3 Å². The Morgan fingerprint density at radius 1 is 1.03 bits per heavy atom. The van der Waals surface area contributed by atoms with Gasteiger partial charge in [0.05, 0.1) is 0 Å². The van der Waals surface area contributed by atoms with Crippen molar-refractivity contribution in [2.45, 2.75) is 0 Å². The Hall–Kier alpha value is -4.00. The van der Waals surface area contributed by atoms with Crippen LogP contribution in [0, 0.1) is 5.82 Å². The number of hydrogen-bond donors (Lipinski definition) is 2. The van der Waals surface area contributed by atoms with E-state index in [4.69, 9.17) is 4.74 Å². The van der Waals surface area contributed by atoms with Gasteiger partial charge in [-0.05, 0) is 53.9 Å². The van der Waals surface area contributed by atoms with Crippen molar-refractivity contribution in [3.63, 3.8) is 0 Å². The zero-order valence-corrected chi connectivity index (χ0v) is 15.5. The molecular weight excluding hydrogens is 371 g/mol. The second-order valence-corrected chi connectivity index (χ2v) is 6.22. The molecule has 0 aliphatic rings. The van der Waals surface area contributed by atoms with Gasteiger partial charge in [-0.2, -0.15) is 4.98 Å². The third-order valence-electron chi connectivity index (χ3n) is 4.28. The van der Waals surface area contributed by atoms with Crippen LogP contribution in [0.5, 0.6) is 11.6 Å². The van der Waals surface area contributed by atoms with E-state index in [1.807, 2.05) is 30.3 Å². The first-order chi connectivity index (χ1) is 14.1. The highest BCUT2D eigenvalue weighted by atomic mass is 19.1. The van der Waals surface area contributed by atoms with Crippen LogP contribution >= 0.6 is 0 Å². The fraction of sp³-hybridized carbons (Fsp3) is 0.0455. The van der Waals surface area contributed by atoms with Gasteiger partial charge in [0.1, 0.15) is 11.6 Å². The summed E-state index contributed by atoms with van der Waals surface area (Å²) in [6, 6.07) is 18.2. The summed E-state index contributed by atoms with van der Waals surface area (Å²) in [5.74, 6) is 0.807. The standard InChI is InChI=1S/C22H17FN4O2/c1-24-22-25-12-11-20(27-22)29-17-9-10-18-15(13-17)3-2-4-19(18)26-21(28)14-5-7-16(23)8-6-14/h2-13H,1H3,(H,26,28)(H,24,25,27). The molecule has 1 aromatic heterocycles. The van der Waals surface area contributed by atoms with Gasteiger partial charge in [-0.3, -0.25) is 4.79 Å². The summed E-state index contributed by atoms with van der Waals surface area (Å²) in [7, 11) is 1.73. The number of carbonyl (C=O) groups is 1. The van der Waals surface area contributed by atoms with E-state index in [1.54, 1.807) is 25.4 Å². The number of hydrogen-bond acceptors (Lipinski definition) is 5. The third kappa shape index (κ3) is 4.14. The number of anilines is 2. The van der Waals surface area contributed by atoms with E-state index in [9.17, 15) is 9.18 Å². The Balaban J connectivity index is 1.58. The number of nitrogens with one attached hydrogen (secondary N) is 2. The van der Waals surface area contributed by atoms with Crippen molar-refractivity contribution in [1.82, 2.24) is 9.97 Å². The summed E-state index contributed by atoms with van der Waals surface area (Å²) in [5, 5.41) is 7.48. The van der Waals surface area contributed by atoms with Crippen molar-refractivity contribution in [2.75, 3.05) is 17.7 Å². The Bertz CT molecular complexity index is 1180. The lowest BCUT2D eigenvalue weighted by Crippen LogP contribution is -2.12. The number of aromatic nitrogens is 2. The van der Waals surface area contributed by atoms with Gasteiger partial charge >= 0.3 is 0 Å². The van der Waals surface area contributed by atoms with Crippen molar-refractivity contribution >= 4 is 28.3 Å². The fourth-order valence-electron chi connectivity index (χ4n) is 2.87. The molecule has 2 N–H and O–H groups in total. The maximum Gasteiger partial charge on any atom is 0.255 e. The molecule has 0 aliphatic carbocycles. The van der Waals surface area contributed by atoms with Crippen LogP contribution in [0.25, 0.3) is 10.8 Å². The Kier molecular flexibility index (Phi) is 5.03. The topological polar surface area (TPSA) is 76.1 Å². The molecule has 0 radical (unpaired) electrons. The van der Waals surface area contributed by atoms with Crippen LogP contribution in [0.1, 0.15) is 10.4 Å². The second-order valence-electron chi connectivity index (χ2n) is 6.22. The molecule has 0 unspecified atom stereocenters. The van der Waals surface area contributed by atoms with E-state index in [0.717, 1.165) is 10.8 Å². The maximum absolute atomic E-state index is 13.1. The molecule has 144 valence electrons. The molecule has 7 heteroatoms. The number of benzene rings is 3. The number of carbonyl (C=O) groups excluding carboxylic acids is 1. The number of halogens is 1. The molecule has 4 rings (SSSR count). The SMILES string of the molecule is CNc1nccc(Oc2ccc3c(NC(=O)c4ccc(F)cc4)cccc3c2)n1. The molecule has 0 spiro atoms. The number of fused-ring (bicyclic) bond motifs is 1. The highest BCUT2D eigenvalue weighted by molar-refractivity contribution is 6.09. The molecule has 0 saturated heterocycles. The summed E-state index contributed by atoms with van der Waals surface area (Å²) in [5.41, 5.74) is 1.04. The molecule has 0 atom stereocenters. The summed E-state index contributed by atoms with van der Waals surface area (Å²) in [6.07, 6.45) is 1.61. The first kappa shape index (κ1) is 18.4. The van der Waals surface area contributed by atoms with Crippen LogP contribution in [-0.4, -0.2) is 22.9 Å². The van der Waals surface area contributed by atoms with E-state index in [2.05, 4.69) is 20.6 Å². The third-order valence-corrected chi connectivity index (χ3v) is 4.28. The number of rotatable bonds is 5. The summed E-state index contributed by atoms with van der Waals surface area (Å²) < 4.78 is 18.9. The van der Waals surface area contributed by atoms with E-state index in [1.165, 1.54) is 24.3 Å². The first-order valence-corrected chi connectivity index (χ1v) is 8.91. The minimum Gasteiger partial charge on any atom is -0.439 e. The van der Waals surface area contributed by atoms with Gasteiger partial charge in [-0.1, -0.05) is 12.1 Å². The molecule has 1 amide bonds. The van der Waals surface area contributed by atoms with Gasteiger partial charge in [-0.25, -0.2) is 9.37 Å². The Labute approximate surface area is 166 Å². The van der Waals surface area contributed by atoms with Crippen LogP contribution in [0.15, 0.2) is 72.9 Å². The fourth-order valence-corrected chi connectivity index (χ4v) is 2.87. The average molecular weight is 388 g/mol. The monoisotopic (exact) mass is 388 g/mol. The van der Waals surface area contributed by atoms with Gasteiger partial charge in [0, 0.05) is 35.9 Å². The number of ether oxygens (including phenoxy) is 1. The normalized spacial score (nSPS) is 10.6. The number of amides is 1. The lowest BCUT2D eigenvalue weighted by molar-refractivity contribution is 0.102. The minimum atomic E-state index is -0.384. The molecule has 3 aromatic carbocycles. The van der Waals surface area contributed by atoms with Crippen LogP contribution in [-0.2, 0) is 0 Å². The molecule has 1 heterocycles. The smallest absolute Gasteiger partial charge is 0.255 e. The summed E-state index contributed by atoms with van der Waals surface area (Å²) in [6.45, 7) is 0. The first-order valence-electron chi connectivity index (χ1n) is 8.91. The molecule has 0 saturated carbocycles. The molecule has 29 heavy (non-hydrogen) atoms. The second kappa shape index (κ2) is 7.93. The zero-order valence-electron chi connectivity index (χ0n) is 15.5. The van der Waals surface area contributed by atoms with Gasteiger partial charge in [0.2, 0.25) is 11.8 Å². The highest BCUT2D eigenvalue weighted by Crippen LogP contribution is 2.29. The summed E-state index contributed by atoms with van der Waals surface area (Å²) >= 11 is 0. The van der Waals surface area contributed by atoms with Crippen LogP contribution in [0.2, 0.25) is 0 Å². The minimum absolute atomic E-state index is 0.307. The largest absolute Gasteiger partial charge is 0.439 e. The van der Waals surface area contributed by atoms with E-state index in [0.29, 0.717) is 28.8 Å². The molecule has 4 aromatic rings. The highest BCUT2D eigenvalue weighted by Gasteiger charge is 2.10. The van der Waals surface area contributed by atoms with Crippen molar-refractivity contribution in [3.8, 4) is 11.6 Å². The van der Waals surface area contributed by atoms with Gasteiger partial charge in [0.25, 0.3) is 5.91 Å². The lowest BCUT2D eigenvalue weighted by atomic mass is 10.1. The quantitative estimate of drug-likeness (QED) is 0.511. The van der Waals surface area contributed by atoms with Gasteiger partial charge < -0.3 is 15.4 Å². The van der Waals surface area contributed by atoms with E-state index in [-0.39, 0.29) is 11.7 Å². The van der Waals surface area contributed by atoms with Crippen molar-refractivity contribution in [1.29, 1.82) is 0 Å². The Morgan fingerprint density at radius 3 is 2.66 bits per heavy atom. The predicted octanol–water partition coefficient (Wildman–Crippen LogP) is 4.86. The molecular formula is C22H17FN4O2.